The first kappa shape index (κ1) is 24.6. The molecule has 0 aliphatic rings. The molecule has 0 saturated heterocycles. The van der Waals surface area contributed by atoms with Crippen molar-refractivity contribution in [1.29, 1.82) is 0 Å². The molecule has 0 aliphatic carbocycles. The van der Waals surface area contributed by atoms with E-state index in [1.807, 2.05) is 45.0 Å². The van der Waals surface area contributed by atoms with Crippen molar-refractivity contribution in [3.8, 4) is 5.69 Å². The molecule has 3 aromatic rings. The lowest BCUT2D eigenvalue weighted by Gasteiger charge is -2.17. The van der Waals surface area contributed by atoms with Crippen molar-refractivity contribution in [2.45, 2.75) is 60.4 Å². The summed E-state index contributed by atoms with van der Waals surface area (Å²) < 4.78 is 3.24. The van der Waals surface area contributed by atoms with Crippen LogP contribution in [0.15, 0.2) is 29.1 Å². The van der Waals surface area contributed by atoms with E-state index in [-0.39, 0.29) is 11.5 Å². The maximum Gasteiger partial charge on any atom is 0.295 e. The van der Waals surface area contributed by atoms with Crippen LogP contribution in [0.2, 0.25) is 0 Å². The number of fused-ring (bicyclic) bond motifs is 1. The molecule has 0 fully saturated rings. The molecule has 2 heterocycles. The van der Waals surface area contributed by atoms with Crippen LogP contribution in [0, 0.1) is 20.8 Å². The standard InChI is InChI=1S/C25H36N6O2/c1-6-29(7-2)16-9-15-26-22(32)10-8-17-30-25(33)24-23(19(4)27-30)20(5)31(28-24)21-13-11-18(3)12-14-21/h11-14H,6-10,15-17H2,1-5H3,(H,26,32). The van der Waals surface area contributed by atoms with Gasteiger partial charge in [-0.1, -0.05) is 31.5 Å². The quantitative estimate of drug-likeness (QED) is 0.452. The summed E-state index contributed by atoms with van der Waals surface area (Å²) in [6.45, 7) is 14.3. The zero-order valence-corrected chi connectivity index (χ0v) is 20.5. The van der Waals surface area contributed by atoms with Gasteiger partial charge in [0.15, 0.2) is 5.52 Å². The second kappa shape index (κ2) is 11.2. The SMILES string of the molecule is CCN(CC)CCCNC(=O)CCCn1nc(C)c2c(C)n(-c3ccc(C)cc3)nc2c1=O. The smallest absolute Gasteiger partial charge is 0.295 e. The molecule has 1 aromatic carbocycles. The Morgan fingerprint density at radius 3 is 2.39 bits per heavy atom. The van der Waals surface area contributed by atoms with Gasteiger partial charge in [-0.2, -0.15) is 10.2 Å². The van der Waals surface area contributed by atoms with E-state index in [2.05, 4.69) is 34.3 Å². The second-order valence-corrected chi connectivity index (χ2v) is 8.50. The van der Waals surface area contributed by atoms with E-state index in [9.17, 15) is 9.59 Å². The summed E-state index contributed by atoms with van der Waals surface area (Å²) in [6, 6.07) is 8.05. The molecule has 33 heavy (non-hydrogen) atoms. The third-order valence-electron chi connectivity index (χ3n) is 6.11. The van der Waals surface area contributed by atoms with Crippen LogP contribution in [0.25, 0.3) is 16.6 Å². The van der Waals surface area contributed by atoms with Gasteiger partial charge in [-0.25, -0.2) is 9.36 Å². The van der Waals surface area contributed by atoms with E-state index in [1.54, 1.807) is 4.68 Å². The average molecular weight is 453 g/mol. The molecule has 0 bridgehead atoms. The number of carbonyl (C=O) groups is 1. The maximum absolute atomic E-state index is 13.1. The van der Waals surface area contributed by atoms with Gasteiger partial charge in [0.25, 0.3) is 5.56 Å². The molecule has 1 N–H and O–H groups in total. The third kappa shape index (κ3) is 5.87. The minimum atomic E-state index is -0.218. The molecule has 8 heteroatoms. The van der Waals surface area contributed by atoms with Crippen LogP contribution in [0.5, 0.6) is 0 Å². The number of nitrogens with zero attached hydrogens (tertiary/aromatic N) is 5. The van der Waals surface area contributed by atoms with Gasteiger partial charge in [0.2, 0.25) is 5.91 Å². The number of rotatable bonds is 11. The summed E-state index contributed by atoms with van der Waals surface area (Å²) in [5.41, 5.74) is 3.94. The molecular formula is C25H36N6O2. The Hall–Kier alpha value is -3.00. The second-order valence-electron chi connectivity index (χ2n) is 8.50. The molecule has 178 valence electrons. The van der Waals surface area contributed by atoms with Crippen molar-refractivity contribution in [3.63, 3.8) is 0 Å². The van der Waals surface area contributed by atoms with Crippen molar-refractivity contribution in [2.75, 3.05) is 26.2 Å². The molecule has 2 aromatic heterocycles. The fourth-order valence-electron chi connectivity index (χ4n) is 4.12. The van der Waals surface area contributed by atoms with E-state index in [1.165, 1.54) is 10.2 Å². The summed E-state index contributed by atoms with van der Waals surface area (Å²) in [6.07, 6.45) is 1.86. The number of hydrogen-bond acceptors (Lipinski definition) is 5. The third-order valence-corrected chi connectivity index (χ3v) is 6.11. The first-order chi connectivity index (χ1) is 15.8. The van der Waals surface area contributed by atoms with Crippen LogP contribution in [0.1, 0.15) is 50.1 Å². The number of benzene rings is 1. The van der Waals surface area contributed by atoms with Gasteiger partial charge in [0.05, 0.1) is 22.5 Å². The summed E-state index contributed by atoms with van der Waals surface area (Å²) in [5.74, 6) is 0.0138. The summed E-state index contributed by atoms with van der Waals surface area (Å²) in [5, 5.41) is 12.9. The van der Waals surface area contributed by atoms with Crippen LogP contribution in [-0.2, 0) is 11.3 Å². The van der Waals surface area contributed by atoms with E-state index in [4.69, 9.17) is 0 Å². The highest BCUT2D eigenvalue weighted by molar-refractivity contribution is 5.83. The number of amides is 1. The van der Waals surface area contributed by atoms with Gasteiger partial charge in [0, 0.05) is 19.5 Å². The Balaban J connectivity index is 1.63. The van der Waals surface area contributed by atoms with Crippen LogP contribution >= 0.6 is 0 Å². The normalized spacial score (nSPS) is 11.5. The highest BCUT2D eigenvalue weighted by Crippen LogP contribution is 2.21. The number of hydrogen-bond donors (Lipinski definition) is 1. The largest absolute Gasteiger partial charge is 0.356 e. The van der Waals surface area contributed by atoms with E-state index in [0.717, 1.165) is 48.5 Å². The Morgan fingerprint density at radius 2 is 1.73 bits per heavy atom. The number of aromatic nitrogens is 4. The Morgan fingerprint density at radius 1 is 1.03 bits per heavy atom. The van der Waals surface area contributed by atoms with Crippen LogP contribution < -0.4 is 10.9 Å². The van der Waals surface area contributed by atoms with Crippen molar-refractivity contribution < 1.29 is 4.79 Å². The van der Waals surface area contributed by atoms with Crippen molar-refractivity contribution in [2.24, 2.45) is 0 Å². The van der Waals surface area contributed by atoms with Crippen LogP contribution in [-0.4, -0.2) is 56.5 Å². The Labute approximate surface area is 195 Å². The highest BCUT2D eigenvalue weighted by Gasteiger charge is 2.17. The van der Waals surface area contributed by atoms with E-state index < -0.39 is 0 Å². The number of carbonyl (C=O) groups excluding carboxylic acids is 1. The lowest BCUT2D eigenvalue weighted by atomic mass is 10.2. The minimum absolute atomic E-state index is 0.0138. The lowest BCUT2D eigenvalue weighted by Crippen LogP contribution is -2.30. The van der Waals surface area contributed by atoms with Gasteiger partial charge in [-0.3, -0.25) is 9.59 Å². The molecule has 0 spiro atoms. The molecular weight excluding hydrogens is 416 g/mol. The van der Waals surface area contributed by atoms with Gasteiger partial charge in [0.1, 0.15) is 0 Å². The van der Waals surface area contributed by atoms with Crippen molar-refractivity contribution in [3.05, 3.63) is 51.6 Å². The molecule has 0 saturated carbocycles. The maximum atomic E-state index is 13.1. The summed E-state index contributed by atoms with van der Waals surface area (Å²) in [7, 11) is 0. The molecule has 0 radical (unpaired) electrons. The fraction of sp³-hybridized carbons (Fsp3) is 0.520. The molecule has 8 nitrogen and oxygen atoms in total. The predicted octanol–water partition coefficient (Wildman–Crippen LogP) is 3.14. The van der Waals surface area contributed by atoms with Crippen molar-refractivity contribution >= 4 is 16.8 Å². The Kier molecular flexibility index (Phi) is 8.38. The molecule has 1 amide bonds. The minimum Gasteiger partial charge on any atom is -0.356 e. The summed E-state index contributed by atoms with van der Waals surface area (Å²) in [4.78, 5) is 27.6. The lowest BCUT2D eigenvalue weighted by molar-refractivity contribution is -0.121. The molecule has 0 aliphatic heterocycles. The Bertz CT molecular complexity index is 1140. The topological polar surface area (TPSA) is 85.1 Å². The van der Waals surface area contributed by atoms with Gasteiger partial charge in [-0.05, 0) is 65.4 Å². The molecule has 3 rings (SSSR count). The summed E-state index contributed by atoms with van der Waals surface area (Å²) >= 11 is 0. The molecule has 0 atom stereocenters. The average Bonchev–Trinajstić information content (AvgIpc) is 3.15. The monoisotopic (exact) mass is 452 g/mol. The van der Waals surface area contributed by atoms with Gasteiger partial charge >= 0.3 is 0 Å². The first-order valence-corrected chi connectivity index (χ1v) is 11.9. The number of nitrogens with one attached hydrogen (secondary N) is 1. The zero-order valence-electron chi connectivity index (χ0n) is 20.5. The van der Waals surface area contributed by atoms with Crippen molar-refractivity contribution in [1.82, 2.24) is 29.8 Å². The predicted molar refractivity (Wildman–Crippen MR) is 132 cm³/mol. The van der Waals surface area contributed by atoms with Gasteiger partial charge in [-0.15, -0.1) is 0 Å². The fourth-order valence-corrected chi connectivity index (χ4v) is 4.12. The first-order valence-electron chi connectivity index (χ1n) is 11.9. The molecule has 0 unspecified atom stereocenters. The van der Waals surface area contributed by atoms with Crippen LogP contribution in [0.4, 0.5) is 0 Å². The van der Waals surface area contributed by atoms with Crippen LogP contribution in [0.3, 0.4) is 0 Å². The van der Waals surface area contributed by atoms with E-state index >= 15 is 0 Å². The number of aryl methyl sites for hydroxylation is 4. The van der Waals surface area contributed by atoms with E-state index in [0.29, 0.717) is 31.4 Å². The zero-order chi connectivity index (χ0) is 24.0. The highest BCUT2D eigenvalue weighted by atomic mass is 16.1. The van der Waals surface area contributed by atoms with Gasteiger partial charge < -0.3 is 10.2 Å².